The van der Waals surface area contributed by atoms with Crippen LogP contribution in [0.5, 0.6) is 0 Å². The first-order chi connectivity index (χ1) is 12.5. The van der Waals surface area contributed by atoms with Gasteiger partial charge in [0.25, 0.3) is 0 Å². The molecule has 0 aromatic heterocycles. The minimum Gasteiger partial charge on any atom is -0.337 e. The lowest BCUT2D eigenvalue weighted by molar-refractivity contribution is -0.117. The lowest BCUT2D eigenvalue weighted by atomic mass is 10.1. The van der Waals surface area contributed by atoms with E-state index >= 15 is 0 Å². The molecule has 3 rings (SSSR count). The van der Waals surface area contributed by atoms with Crippen molar-refractivity contribution in [1.82, 2.24) is 15.5 Å². The summed E-state index contributed by atoms with van der Waals surface area (Å²) < 4.78 is 0. The molecule has 2 N–H and O–H groups in total. The van der Waals surface area contributed by atoms with Gasteiger partial charge < -0.3 is 15.5 Å². The van der Waals surface area contributed by atoms with Gasteiger partial charge in [-0.15, -0.1) is 0 Å². The molecule has 0 saturated carbocycles. The van der Waals surface area contributed by atoms with Gasteiger partial charge in [-0.2, -0.15) is 0 Å². The summed E-state index contributed by atoms with van der Waals surface area (Å²) in [5, 5.41) is 5.94. The zero-order valence-electron chi connectivity index (χ0n) is 16.0. The van der Waals surface area contributed by atoms with E-state index in [9.17, 15) is 9.59 Å². The number of likely N-dealkylation sites (N-methyl/N-ethyl adjacent to an activating group) is 1. The second-order valence-corrected chi connectivity index (χ2v) is 7.45. The highest BCUT2D eigenvalue weighted by Crippen LogP contribution is 2.24. The van der Waals surface area contributed by atoms with Crippen LogP contribution in [0.1, 0.15) is 37.3 Å². The molecule has 6 nitrogen and oxygen atoms in total. The summed E-state index contributed by atoms with van der Waals surface area (Å²) in [6, 6.07) is 6.16. The molecule has 1 aromatic carbocycles. The van der Waals surface area contributed by atoms with Crippen molar-refractivity contribution in [3.05, 3.63) is 29.3 Å². The summed E-state index contributed by atoms with van der Waals surface area (Å²) in [6.07, 6.45) is 2.69. The van der Waals surface area contributed by atoms with Crippen molar-refractivity contribution in [1.29, 1.82) is 0 Å². The molecule has 2 aliphatic rings. The van der Waals surface area contributed by atoms with Crippen molar-refractivity contribution in [2.45, 2.75) is 52.1 Å². The van der Waals surface area contributed by atoms with E-state index in [1.54, 1.807) is 4.90 Å². The lowest BCUT2D eigenvalue weighted by Gasteiger charge is -2.23. The summed E-state index contributed by atoms with van der Waals surface area (Å²) in [6.45, 7) is 9.60. The monoisotopic (exact) mass is 358 g/mol. The fraction of sp³-hybridized carbons (Fsp3) is 0.600. The van der Waals surface area contributed by atoms with Crippen LogP contribution in [0.4, 0.5) is 10.5 Å². The number of anilines is 1. The SMILES string of the molecule is CCN1CCC[C@@H]1CNC(=O)N[C@H]1CC(=O)N(c2ccc(C)c(C)c2)C1. The molecule has 2 saturated heterocycles. The average molecular weight is 358 g/mol. The Bertz CT molecular complexity index is 676. The van der Waals surface area contributed by atoms with Crippen LogP contribution >= 0.6 is 0 Å². The van der Waals surface area contributed by atoms with Crippen LogP contribution in [-0.2, 0) is 4.79 Å². The molecule has 3 amide bonds. The molecule has 26 heavy (non-hydrogen) atoms. The number of nitrogens with one attached hydrogen (secondary N) is 2. The van der Waals surface area contributed by atoms with Gasteiger partial charge in [-0.25, -0.2) is 4.79 Å². The van der Waals surface area contributed by atoms with Gasteiger partial charge >= 0.3 is 6.03 Å². The van der Waals surface area contributed by atoms with Gasteiger partial charge in [-0.1, -0.05) is 13.0 Å². The Balaban J connectivity index is 1.50. The fourth-order valence-electron chi connectivity index (χ4n) is 3.94. The van der Waals surface area contributed by atoms with Crippen LogP contribution < -0.4 is 15.5 Å². The van der Waals surface area contributed by atoms with Crippen LogP contribution in [0.15, 0.2) is 18.2 Å². The van der Waals surface area contributed by atoms with E-state index in [-0.39, 0.29) is 18.0 Å². The number of likely N-dealkylation sites (tertiary alicyclic amines) is 1. The number of hydrogen-bond donors (Lipinski definition) is 2. The second-order valence-electron chi connectivity index (χ2n) is 7.45. The maximum Gasteiger partial charge on any atom is 0.315 e. The summed E-state index contributed by atoms with van der Waals surface area (Å²) in [5.74, 6) is 0.0616. The van der Waals surface area contributed by atoms with Crippen molar-refractivity contribution in [3.63, 3.8) is 0 Å². The molecule has 0 unspecified atom stereocenters. The van der Waals surface area contributed by atoms with E-state index in [0.717, 1.165) is 25.2 Å². The zero-order chi connectivity index (χ0) is 18.7. The molecule has 6 heteroatoms. The zero-order valence-corrected chi connectivity index (χ0v) is 16.0. The highest BCUT2D eigenvalue weighted by molar-refractivity contribution is 5.96. The number of urea groups is 1. The normalized spacial score (nSPS) is 23.5. The number of carbonyl (C=O) groups excluding carboxylic acids is 2. The largest absolute Gasteiger partial charge is 0.337 e. The summed E-state index contributed by atoms with van der Waals surface area (Å²) in [4.78, 5) is 28.8. The standard InChI is InChI=1S/C20H30N4O2/c1-4-23-9-5-6-18(23)12-21-20(26)22-16-11-19(25)24(13-16)17-8-7-14(2)15(3)10-17/h7-8,10,16,18H,4-6,9,11-13H2,1-3H3,(H2,21,22,26)/t16-,18+/m0/s1. The lowest BCUT2D eigenvalue weighted by Crippen LogP contribution is -2.47. The van der Waals surface area contributed by atoms with Crippen molar-refractivity contribution >= 4 is 17.6 Å². The summed E-state index contributed by atoms with van der Waals surface area (Å²) >= 11 is 0. The Kier molecular flexibility index (Phi) is 5.81. The van der Waals surface area contributed by atoms with Gasteiger partial charge in [0.15, 0.2) is 0 Å². The van der Waals surface area contributed by atoms with Gasteiger partial charge in [-0.3, -0.25) is 9.69 Å². The average Bonchev–Trinajstić information content (AvgIpc) is 3.21. The second kappa shape index (κ2) is 8.08. The molecule has 0 aliphatic carbocycles. The maximum atomic E-state index is 12.4. The van der Waals surface area contributed by atoms with Gasteiger partial charge in [-0.05, 0) is 63.0 Å². The molecule has 142 valence electrons. The predicted octanol–water partition coefficient (Wildman–Crippen LogP) is 2.19. The molecule has 0 radical (unpaired) electrons. The van der Waals surface area contributed by atoms with Crippen molar-refractivity contribution in [2.75, 3.05) is 31.1 Å². The Hall–Kier alpha value is -2.08. The third kappa shape index (κ3) is 4.18. The summed E-state index contributed by atoms with van der Waals surface area (Å²) in [7, 11) is 0. The Morgan fingerprint density at radius 1 is 1.27 bits per heavy atom. The van der Waals surface area contributed by atoms with Crippen LogP contribution in [0, 0.1) is 13.8 Å². The number of amides is 3. The van der Waals surface area contributed by atoms with Gasteiger partial charge in [0.2, 0.25) is 5.91 Å². The van der Waals surface area contributed by atoms with Gasteiger partial charge in [0, 0.05) is 31.2 Å². The molecule has 1 aromatic rings. The van der Waals surface area contributed by atoms with Gasteiger partial charge in [0.05, 0.1) is 6.04 Å². The van der Waals surface area contributed by atoms with E-state index in [0.29, 0.717) is 25.6 Å². The molecular weight excluding hydrogens is 328 g/mol. The van der Waals surface area contributed by atoms with Gasteiger partial charge in [0.1, 0.15) is 0 Å². The maximum absolute atomic E-state index is 12.4. The molecule has 0 spiro atoms. The highest BCUT2D eigenvalue weighted by Gasteiger charge is 2.32. The third-order valence-corrected chi connectivity index (χ3v) is 5.67. The number of benzene rings is 1. The first kappa shape index (κ1) is 18.7. The van der Waals surface area contributed by atoms with Crippen LogP contribution in [0.2, 0.25) is 0 Å². The molecular formula is C20H30N4O2. The molecule has 2 atom stereocenters. The van der Waals surface area contributed by atoms with E-state index < -0.39 is 0 Å². The molecule has 2 heterocycles. The molecule has 2 fully saturated rings. The summed E-state index contributed by atoms with van der Waals surface area (Å²) in [5.41, 5.74) is 3.29. The number of carbonyl (C=O) groups is 2. The van der Waals surface area contributed by atoms with Crippen LogP contribution in [-0.4, -0.2) is 55.1 Å². The Labute approximate surface area is 155 Å². The van der Waals surface area contributed by atoms with E-state index in [4.69, 9.17) is 0 Å². The van der Waals surface area contributed by atoms with E-state index in [1.807, 2.05) is 25.1 Å². The van der Waals surface area contributed by atoms with E-state index in [2.05, 4.69) is 29.4 Å². The minimum atomic E-state index is -0.173. The van der Waals surface area contributed by atoms with Crippen molar-refractivity contribution in [2.24, 2.45) is 0 Å². The highest BCUT2D eigenvalue weighted by atomic mass is 16.2. The van der Waals surface area contributed by atoms with Crippen LogP contribution in [0.3, 0.4) is 0 Å². The smallest absolute Gasteiger partial charge is 0.315 e. The molecule has 2 aliphatic heterocycles. The first-order valence-electron chi connectivity index (χ1n) is 9.64. The first-order valence-corrected chi connectivity index (χ1v) is 9.64. The minimum absolute atomic E-state index is 0.0616. The topological polar surface area (TPSA) is 64.7 Å². The quantitative estimate of drug-likeness (QED) is 0.848. The van der Waals surface area contributed by atoms with Crippen LogP contribution in [0.25, 0.3) is 0 Å². The Morgan fingerprint density at radius 3 is 2.81 bits per heavy atom. The number of rotatable bonds is 5. The molecule has 0 bridgehead atoms. The Morgan fingerprint density at radius 2 is 2.08 bits per heavy atom. The van der Waals surface area contributed by atoms with Crippen molar-refractivity contribution in [3.8, 4) is 0 Å². The number of aryl methyl sites for hydroxylation is 2. The number of nitrogens with zero attached hydrogens (tertiary/aromatic N) is 2. The fourth-order valence-corrected chi connectivity index (χ4v) is 3.94. The predicted molar refractivity (Wildman–Crippen MR) is 103 cm³/mol. The van der Waals surface area contributed by atoms with E-state index in [1.165, 1.54) is 17.5 Å². The van der Waals surface area contributed by atoms with Crippen molar-refractivity contribution < 1.29 is 9.59 Å². The number of hydrogen-bond acceptors (Lipinski definition) is 3. The third-order valence-electron chi connectivity index (χ3n) is 5.67.